The van der Waals surface area contributed by atoms with E-state index in [9.17, 15) is 5.11 Å². The average Bonchev–Trinajstić information content (AvgIpc) is 2.82. The lowest BCUT2D eigenvalue weighted by atomic mass is 9.96. The van der Waals surface area contributed by atoms with Crippen LogP contribution in [0.2, 0.25) is 0 Å². The molecule has 1 saturated carbocycles. The van der Waals surface area contributed by atoms with Gasteiger partial charge in [-0.1, -0.05) is 0 Å². The van der Waals surface area contributed by atoms with E-state index < -0.39 is 0 Å². The summed E-state index contributed by atoms with van der Waals surface area (Å²) in [6.07, 6.45) is 9.29. The second-order valence-electron chi connectivity index (χ2n) is 5.57. The minimum atomic E-state index is -0.0869. The number of hydrogen-bond acceptors (Lipinski definition) is 4. The lowest BCUT2D eigenvalue weighted by molar-refractivity contribution is 0.178. The van der Waals surface area contributed by atoms with E-state index in [1.165, 1.54) is 24.1 Å². The van der Waals surface area contributed by atoms with Crippen molar-refractivity contribution in [2.24, 2.45) is 5.92 Å². The van der Waals surface area contributed by atoms with Crippen LogP contribution < -0.4 is 5.32 Å². The Bertz CT molecular complexity index is 422. The van der Waals surface area contributed by atoms with Gasteiger partial charge in [0.15, 0.2) is 0 Å². The Morgan fingerprint density at radius 1 is 1.22 bits per heavy atom. The van der Waals surface area contributed by atoms with Crippen LogP contribution in [0.1, 0.15) is 43.4 Å². The Morgan fingerprint density at radius 3 is 2.94 bits per heavy atom. The fraction of sp³-hybridized carbons (Fsp3) is 0.714. The van der Waals surface area contributed by atoms with Crippen LogP contribution in [-0.4, -0.2) is 27.7 Å². The first-order chi connectivity index (χ1) is 8.83. The zero-order chi connectivity index (χ0) is 12.4. The molecule has 1 aromatic rings. The molecule has 0 aliphatic heterocycles. The van der Waals surface area contributed by atoms with Gasteiger partial charge in [0.05, 0.1) is 6.10 Å². The van der Waals surface area contributed by atoms with Crippen LogP contribution in [0.4, 0.5) is 5.82 Å². The molecule has 18 heavy (non-hydrogen) atoms. The summed E-state index contributed by atoms with van der Waals surface area (Å²) in [6, 6.07) is 0. The number of aliphatic hydroxyl groups excluding tert-OH is 1. The molecular formula is C14H21N3O. The van der Waals surface area contributed by atoms with Crippen molar-refractivity contribution < 1.29 is 5.11 Å². The Labute approximate surface area is 108 Å². The average molecular weight is 247 g/mol. The molecule has 4 heteroatoms. The summed E-state index contributed by atoms with van der Waals surface area (Å²) in [6.45, 7) is 0.931. The molecule has 2 atom stereocenters. The fourth-order valence-corrected chi connectivity index (χ4v) is 3.15. The van der Waals surface area contributed by atoms with E-state index in [4.69, 9.17) is 0 Å². The number of rotatable bonds is 3. The molecule has 0 bridgehead atoms. The van der Waals surface area contributed by atoms with Crippen LogP contribution in [0.5, 0.6) is 0 Å². The Morgan fingerprint density at radius 2 is 2.11 bits per heavy atom. The number of fused-ring (bicyclic) bond motifs is 1. The molecule has 1 heterocycles. The van der Waals surface area contributed by atoms with Gasteiger partial charge in [-0.25, -0.2) is 9.97 Å². The fourth-order valence-electron chi connectivity index (χ4n) is 3.15. The minimum absolute atomic E-state index is 0.0869. The molecule has 1 aromatic heterocycles. The van der Waals surface area contributed by atoms with Crippen molar-refractivity contribution in [3.63, 3.8) is 0 Å². The molecule has 3 rings (SSSR count). The summed E-state index contributed by atoms with van der Waals surface area (Å²) in [5.74, 6) is 1.62. The number of aromatic nitrogens is 2. The van der Waals surface area contributed by atoms with E-state index >= 15 is 0 Å². The molecule has 0 amide bonds. The van der Waals surface area contributed by atoms with Crippen LogP contribution >= 0.6 is 0 Å². The second-order valence-corrected chi connectivity index (χ2v) is 5.57. The van der Waals surface area contributed by atoms with E-state index in [1.807, 2.05) is 0 Å². The first-order valence-electron chi connectivity index (χ1n) is 7.07. The van der Waals surface area contributed by atoms with Gasteiger partial charge in [0, 0.05) is 17.8 Å². The van der Waals surface area contributed by atoms with Gasteiger partial charge in [0.1, 0.15) is 12.1 Å². The third-order valence-electron chi connectivity index (χ3n) is 4.20. The summed E-state index contributed by atoms with van der Waals surface area (Å²) in [7, 11) is 0. The van der Waals surface area contributed by atoms with Crippen molar-refractivity contribution in [1.29, 1.82) is 0 Å². The minimum Gasteiger partial charge on any atom is -0.393 e. The number of aliphatic hydroxyl groups is 1. The lowest BCUT2D eigenvalue weighted by Gasteiger charge is -2.19. The Hall–Kier alpha value is -1.16. The molecular weight excluding hydrogens is 226 g/mol. The first-order valence-corrected chi connectivity index (χ1v) is 7.07. The summed E-state index contributed by atoms with van der Waals surface area (Å²) >= 11 is 0. The molecule has 0 aromatic carbocycles. The SMILES string of the molecule is OC1CCC(CNc2ncnc3c2CCCC3)C1. The molecule has 4 nitrogen and oxygen atoms in total. The van der Waals surface area contributed by atoms with E-state index in [2.05, 4.69) is 15.3 Å². The van der Waals surface area contributed by atoms with Crippen LogP contribution in [0, 0.1) is 5.92 Å². The summed E-state index contributed by atoms with van der Waals surface area (Å²) in [4.78, 5) is 8.77. The normalized spacial score (nSPS) is 26.9. The third-order valence-corrected chi connectivity index (χ3v) is 4.20. The van der Waals surface area contributed by atoms with Gasteiger partial charge >= 0.3 is 0 Å². The van der Waals surface area contributed by atoms with Gasteiger partial charge in [0.25, 0.3) is 0 Å². The van der Waals surface area contributed by atoms with Crippen molar-refractivity contribution in [3.8, 4) is 0 Å². The van der Waals surface area contributed by atoms with E-state index in [1.54, 1.807) is 6.33 Å². The van der Waals surface area contributed by atoms with Crippen molar-refractivity contribution in [2.45, 2.75) is 51.0 Å². The number of hydrogen-bond donors (Lipinski definition) is 2. The number of nitrogens with one attached hydrogen (secondary N) is 1. The number of nitrogens with zero attached hydrogens (tertiary/aromatic N) is 2. The zero-order valence-electron chi connectivity index (χ0n) is 10.7. The van der Waals surface area contributed by atoms with Crippen molar-refractivity contribution in [2.75, 3.05) is 11.9 Å². The number of aryl methyl sites for hydroxylation is 1. The highest BCUT2D eigenvalue weighted by atomic mass is 16.3. The molecule has 2 unspecified atom stereocenters. The van der Waals surface area contributed by atoms with Crippen LogP contribution in [0.15, 0.2) is 6.33 Å². The van der Waals surface area contributed by atoms with E-state index in [-0.39, 0.29) is 6.10 Å². The third kappa shape index (κ3) is 2.48. The lowest BCUT2D eigenvalue weighted by Crippen LogP contribution is -2.17. The van der Waals surface area contributed by atoms with Gasteiger partial charge in [-0.3, -0.25) is 0 Å². The van der Waals surface area contributed by atoms with Gasteiger partial charge in [0.2, 0.25) is 0 Å². The molecule has 0 radical (unpaired) electrons. The van der Waals surface area contributed by atoms with Crippen LogP contribution in [0.3, 0.4) is 0 Å². The largest absolute Gasteiger partial charge is 0.393 e. The maximum absolute atomic E-state index is 9.54. The maximum Gasteiger partial charge on any atom is 0.132 e. The number of anilines is 1. The topological polar surface area (TPSA) is 58.0 Å². The summed E-state index contributed by atoms with van der Waals surface area (Å²) in [5.41, 5.74) is 2.55. The van der Waals surface area contributed by atoms with E-state index in [0.717, 1.165) is 44.5 Å². The van der Waals surface area contributed by atoms with Crippen molar-refractivity contribution in [1.82, 2.24) is 9.97 Å². The highest BCUT2D eigenvalue weighted by Crippen LogP contribution is 2.28. The van der Waals surface area contributed by atoms with Crippen LogP contribution in [-0.2, 0) is 12.8 Å². The van der Waals surface area contributed by atoms with Crippen LogP contribution in [0.25, 0.3) is 0 Å². The van der Waals surface area contributed by atoms with Gasteiger partial charge in [-0.2, -0.15) is 0 Å². The Kier molecular flexibility index (Phi) is 3.46. The molecule has 0 spiro atoms. The molecule has 1 fully saturated rings. The van der Waals surface area contributed by atoms with Crippen molar-refractivity contribution in [3.05, 3.63) is 17.6 Å². The zero-order valence-corrected chi connectivity index (χ0v) is 10.7. The summed E-state index contributed by atoms with van der Waals surface area (Å²) < 4.78 is 0. The quantitative estimate of drug-likeness (QED) is 0.857. The highest BCUT2D eigenvalue weighted by molar-refractivity contribution is 5.46. The Balaban J connectivity index is 1.65. The first kappa shape index (κ1) is 11.9. The summed E-state index contributed by atoms with van der Waals surface area (Å²) in [5, 5.41) is 13.0. The predicted molar refractivity (Wildman–Crippen MR) is 70.5 cm³/mol. The van der Waals surface area contributed by atoms with Gasteiger partial charge < -0.3 is 10.4 Å². The molecule has 2 aliphatic rings. The highest BCUT2D eigenvalue weighted by Gasteiger charge is 2.23. The standard InChI is InChI=1S/C14H21N3O/c18-11-6-5-10(7-11)8-15-14-12-3-1-2-4-13(12)16-9-17-14/h9-11,18H,1-8H2,(H,15,16,17). The van der Waals surface area contributed by atoms with Gasteiger partial charge in [-0.05, 0) is 50.9 Å². The van der Waals surface area contributed by atoms with E-state index in [0.29, 0.717) is 5.92 Å². The monoisotopic (exact) mass is 247 g/mol. The molecule has 2 aliphatic carbocycles. The smallest absolute Gasteiger partial charge is 0.132 e. The predicted octanol–water partition coefficient (Wildman–Crippen LogP) is 1.93. The molecule has 98 valence electrons. The second kappa shape index (κ2) is 5.22. The molecule has 0 saturated heterocycles. The maximum atomic E-state index is 9.54. The van der Waals surface area contributed by atoms with Crippen molar-refractivity contribution >= 4 is 5.82 Å². The molecule has 2 N–H and O–H groups in total. The van der Waals surface area contributed by atoms with Gasteiger partial charge in [-0.15, -0.1) is 0 Å².